The van der Waals surface area contributed by atoms with Crippen LogP contribution in [0.3, 0.4) is 0 Å². The van der Waals surface area contributed by atoms with Gasteiger partial charge in [0.15, 0.2) is 11.5 Å². The molecule has 0 saturated carbocycles. The van der Waals surface area contributed by atoms with Crippen molar-refractivity contribution >= 4 is 15.9 Å². The average molecular weight is 298 g/mol. The molecule has 1 unspecified atom stereocenters. The van der Waals surface area contributed by atoms with E-state index in [4.69, 9.17) is 9.47 Å². The van der Waals surface area contributed by atoms with Crippen molar-refractivity contribution in [3.63, 3.8) is 0 Å². The fourth-order valence-electron chi connectivity index (χ4n) is 1.71. The zero-order chi connectivity index (χ0) is 12.3. The maximum absolute atomic E-state index is 5.56. The van der Waals surface area contributed by atoms with E-state index in [1.165, 1.54) is 5.56 Å². The Morgan fingerprint density at radius 1 is 1.41 bits per heavy atom. The molecular weight excluding hydrogens is 282 g/mol. The Bertz CT molecular complexity index is 420. The van der Waals surface area contributed by atoms with Gasteiger partial charge in [0.1, 0.15) is 13.2 Å². The van der Waals surface area contributed by atoms with Gasteiger partial charge in [0.2, 0.25) is 0 Å². The lowest BCUT2D eigenvalue weighted by molar-refractivity contribution is 0.171. The van der Waals surface area contributed by atoms with E-state index in [0.717, 1.165) is 22.5 Å². The Morgan fingerprint density at radius 3 is 2.82 bits per heavy atom. The minimum atomic E-state index is 0.250. The summed E-state index contributed by atoms with van der Waals surface area (Å²) in [6.07, 6.45) is 0. The van der Waals surface area contributed by atoms with Crippen LogP contribution >= 0.6 is 15.9 Å². The molecule has 1 atom stereocenters. The summed E-state index contributed by atoms with van der Waals surface area (Å²) in [5.74, 6) is 1.66. The molecule has 0 aromatic heterocycles. The van der Waals surface area contributed by atoms with Gasteiger partial charge >= 0.3 is 0 Å². The molecule has 17 heavy (non-hydrogen) atoms. The molecule has 0 bridgehead atoms. The fourth-order valence-corrected chi connectivity index (χ4v) is 1.87. The average Bonchev–Trinajstić information content (AvgIpc) is 2.35. The third-order valence-corrected chi connectivity index (χ3v) is 2.95. The summed E-state index contributed by atoms with van der Waals surface area (Å²) in [4.78, 5) is 0. The zero-order valence-corrected chi connectivity index (χ0v) is 11.4. The van der Waals surface area contributed by atoms with Gasteiger partial charge < -0.3 is 14.8 Å². The smallest absolute Gasteiger partial charge is 0.161 e. The quantitative estimate of drug-likeness (QED) is 0.927. The summed E-state index contributed by atoms with van der Waals surface area (Å²) >= 11 is 3.33. The van der Waals surface area contributed by atoms with Gasteiger partial charge in [-0.3, -0.25) is 0 Å². The van der Waals surface area contributed by atoms with Crippen molar-refractivity contribution < 1.29 is 9.47 Å². The van der Waals surface area contributed by atoms with E-state index in [0.29, 0.717) is 13.2 Å². The van der Waals surface area contributed by atoms with Crippen molar-refractivity contribution in [3.8, 4) is 11.5 Å². The molecule has 0 saturated heterocycles. The third kappa shape index (κ3) is 3.23. The summed E-state index contributed by atoms with van der Waals surface area (Å²) in [6.45, 7) is 7.91. The SMILES string of the molecule is C=C(Br)CNC(C)c1ccc2c(c1)OCCO2. The molecule has 1 N–H and O–H groups in total. The first-order chi connectivity index (χ1) is 8.16. The normalized spacial score (nSPS) is 15.4. The number of nitrogens with one attached hydrogen (secondary N) is 1. The van der Waals surface area contributed by atoms with E-state index in [1.54, 1.807) is 0 Å². The van der Waals surface area contributed by atoms with Crippen LogP contribution in [0.2, 0.25) is 0 Å². The van der Waals surface area contributed by atoms with E-state index in [2.05, 4.69) is 40.8 Å². The molecule has 0 spiro atoms. The lowest BCUT2D eigenvalue weighted by Crippen LogP contribution is -2.20. The Hall–Kier alpha value is -1.00. The highest BCUT2D eigenvalue weighted by Gasteiger charge is 2.14. The van der Waals surface area contributed by atoms with Crippen molar-refractivity contribution in [2.75, 3.05) is 19.8 Å². The molecule has 1 aliphatic heterocycles. The highest BCUT2D eigenvalue weighted by Crippen LogP contribution is 2.32. The maximum Gasteiger partial charge on any atom is 0.161 e. The Kier molecular flexibility index (Phi) is 4.07. The number of hydrogen-bond donors (Lipinski definition) is 1. The minimum absolute atomic E-state index is 0.250. The topological polar surface area (TPSA) is 30.5 Å². The highest BCUT2D eigenvalue weighted by atomic mass is 79.9. The second-order valence-corrected chi connectivity index (χ2v) is 5.14. The second-order valence-electron chi connectivity index (χ2n) is 4.02. The first-order valence-electron chi connectivity index (χ1n) is 5.63. The van der Waals surface area contributed by atoms with Crippen molar-refractivity contribution in [1.82, 2.24) is 5.32 Å². The Labute approximate surface area is 110 Å². The summed E-state index contributed by atoms with van der Waals surface area (Å²) in [5.41, 5.74) is 1.18. The minimum Gasteiger partial charge on any atom is -0.486 e. The van der Waals surface area contributed by atoms with Gasteiger partial charge in [-0.25, -0.2) is 0 Å². The van der Waals surface area contributed by atoms with E-state index in [1.807, 2.05) is 12.1 Å². The van der Waals surface area contributed by atoms with Crippen LogP contribution < -0.4 is 14.8 Å². The highest BCUT2D eigenvalue weighted by molar-refractivity contribution is 9.11. The molecule has 92 valence electrons. The van der Waals surface area contributed by atoms with Gasteiger partial charge in [0.25, 0.3) is 0 Å². The zero-order valence-electron chi connectivity index (χ0n) is 9.83. The Morgan fingerprint density at radius 2 is 2.12 bits per heavy atom. The molecule has 1 heterocycles. The first kappa shape index (κ1) is 12.5. The van der Waals surface area contributed by atoms with Crippen LogP contribution in [0.1, 0.15) is 18.5 Å². The molecule has 3 nitrogen and oxygen atoms in total. The van der Waals surface area contributed by atoms with E-state index >= 15 is 0 Å². The molecule has 0 amide bonds. The first-order valence-corrected chi connectivity index (χ1v) is 6.42. The van der Waals surface area contributed by atoms with Crippen LogP contribution in [-0.4, -0.2) is 19.8 Å². The number of rotatable bonds is 4. The monoisotopic (exact) mass is 297 g/mol. The van der Waals surface area contributed by atoms with E-state index < -0.39 is 0 Å². The van der Waals surface area contributed by atoms with Crippen LogP contribution in [0.5, 0.6) is 11.5 Å². The van der Waals surface area contributed by atoms with Crippen molar-refractivity contribution in [2.24, 2.45) is 0 Å². The van der Waals surface area contributed by atoms with Crippen LogP contribution in [0, 0.1) is 0 Å². The number of hydrogen-bond acceptors (Lipinski definition) is 3. The predicted octanol–water partition coefficient (Wildman–Crippen LogP) is 3.02. The maximum atomic E-state index is 5.56. The van der Waals surface area contributed by atoms with Crippen LogP contribution in [0.25, 0.3) is 0 Å². The van der Waals surface area contributed by atoms with Gasteiger partial charge in [0.05, 0.1) is 0 Å². The van der Waals surface area contributed by atoms with Gasteiger partial charge in [0, 0.05) is 17.1 Å². The summed E-state index contributed by atoms with van der Waals surface area (Å²) < 4.78 is 12.0. The molecule has 4 heteroatoms. The molecule has 0 aliphatic carbocycles. The molecule has 2 rings (SSSR count). The van der Waals surface area contributed by atoms with Gasteiger partial charge in [-0.05, 0) is 24.6 Å². The Balaban J connectivity index is 2.08. The van der Waals surface area contributed by atoms with E-state index in [9.17, 15) is 0 Å². The number of fused-ring (bicyclic) bond motifs is 1. The van der Waals surface area contributed by atoms with Crippen molar-refractivity contribution in [3.05, 3.63) is 34.8 Å². The van der Waals surface area contributed by atoms with Crippen LogP contribution in [0.15, 0.2) is 29.3 Å². The number of halogens is 1. The molecule has 1 aliphatic rings. The van der Waals surface area contributed by atoms with Crippen LogP contribution in [0.4, 0.5) is 0 Å². The second kappa shape index (κ2) is 5.56. The molecule has 1 aromatic carbocycles. The number of benzene rings is 1. The van der Waals surface area contributed by atoms with Crippen LogP contribution in [-0.2, 0) is 0 Å². The van der Waals surface area contributed by atoms with E-state index in [-0.39, 0.29) is 6.04 Å². The predicted molar refractivity (Wildman–Crippen MR) is 71.9 cm³/mol. The summed E-state index contributed by atoms with van der Waals surface area (Å²) in [6, 6.07) is 6.30. The van der Waals surface area contributed by atoms with Crippen molar-refractivity contribution in [2.45, 2.75) is 13.0 Å². The largest absolute Gasteiger partial charge is 0.486 e. The van der Waals surface area contributed by atoms with Gasteiger partial charge in [-0.1, -0.05) is 28.6 Å². The van der Waals surface area contributed by atoms with Gasteiger partial charge in [-0.15, -0.1) is 0 Å². The lowest BCUT2D eigenvalue weighted by atomic mass is 10.1. The molecule has 1 aromatic rings. The molecular formula is C13H16BrNO2. The fraction of sp³-hybridized carbons (Fsp3) is 0.385. The third-order valence-electron chi connectivity index (χ3n) is 2.67. The number of ether oxygens (including phenoxy) is 2. The van der Waals surface area contributed by atoms with Gasteiger partial charge in [-0.2, -0.15) is 0 Å². The summed E-state index contributed by atoms with van der Waals surface area (Å²) in [7, 11) is 0. The lowest BCUT2D eigenvalue weighted by Gasteiger charge is -2.21. The summed E-state index contributed by atoms with van der Waals surface area (Å²) in [5, 5.41) is 3.36. The molecule has 0 fully saturated rings. The molecule has 0 radical (unpaired) electrons. The standard InChI is InChI=1S/C13H16BrNO2/c1-9(14)8-15-10(2)11-3-4-12-13(7-11)17-6-5-16-12/h3-4,7,10,15H,1,5-6,8H2,2H3. The van der Waals surface area contributed by atoms with Crippen molar-refractivity contribution in [1.29, 1.82) is 0 Å².